The lowest BCUT2D eigenvalue weighted by Gasteiger charge is -2.13. The molecule has 0 aliphatic heterocycles. The standard InChI is InChI=1S/C18H20BrN5O2/c1-12-17(19)9-21-24(12)13(2)18(25)22-15-8-20-23(11-15)10-14-5-4-6-16(7-14)26-3/h4-9,11,13H,10H2,1-3H3,(H,22,25). The Kier molecular flexibility index (Phi) is 5.41. The van der Waals surface area contributed by atoms with Crippen molar-refractivity contribution in [3.05, 3.63) is 58.6 Å². The van der Waals surface area contributed by atoms with Crippen molar-refractivity contribution in [2.24, 2.45) is 0 Å². The van der Waals surface area contributed by atoms with Gasteiger partial charge in [0.1, 0.15) is 11.8 Å². The van der Waals surface area contributed by atoms with E-state index < -0.39 is 6.04 Å². The van der Waals surface area contributed by atoms with E-state index in [-0.39, 0.29) is 5.91 Å². The fourth-order valence-corrected chi connectivity index (χ4v) is 2.90. The number of methoxy groups -OCH3 is 1. The SMILES string of the molecule is COc1cccc(Cn2cc(NC(=O)C(C)n3ncc(Br)c3C)cn2)c1. The second-order valence-corrected chi connectivity index (χ2v) is 6.82. The summed E-state index contributed by atoms with van der Waals surface area (Å²) in [6.07, 6.45) is 5.12. The van der Waals surface area contributed by atoms with Crippen LogP contribution in [0.1, 0.15) is 24.2 Å². The molecule has 3 aromatic rings. The zero-order valence-electron chi connectivity index (χ0n) is 14.8. The molecule has 2 aromatic heterocycles. The number of carbonyl (C=O) groups is 1. The fourth-order valence-electron chi connectivity index (χ4n) is 2.62. The van der Waals surface area contributed by atoms with Crippen LogP contribution >= 0.6 is 15.9 Å². The van der Waals surface area contributed by atoms with Crippen LogP contribution in [0.3, 0.4) is 0 Å². The first-order valence-electron chi connectivity index (χ1n) is 8.14. The van der Waals surface area contributed by atoms with Gasteiger partial charge in [-0.25, -0.2) is 0 Å². The number of benzene rings is 1. The highest BCUT2D eigenvalue weighted by atomic mass is 79.9. The molecule has 0 aliphatic carbocycles. The Labute approximate surface area is 160 Å². The quantitative estimate of drug-likeness (QED) is 0.666. The summed E-state index contributed by atoms with van der Waals surface area (Å²) >= 11 is 3.41. The zero-order valence-corrected chi connectivity index (χ0v) is 16.4. The van der Waals surface area contributed by atoms with Crippen LogP contribution in [0, 0.1) is 6.92 Å². The lowest BCUT2D eigenvalue weighted by molar-refractivity contribution is -0.119. The number of aromatic nitrogens is 4. The lowest BCUT2D eigenvalue weighted by Crippen LogP contribution is -2.25. The molecule has 2 heterocycles. The van der Waals surface area contributed by atoms with E-state index in [1.165, 1.54) is 0 Å². The molecule has 0 radical (unpaired) electrons. The number of anilines is 1. The second kappa shape index (κ2) is 7.74. The highest BCUT2D eigenvalue weighted by Crippen LogP contribution is 2.20. The summed E-state index contributed by atoms with van der Waals surface area (Å²) in [6, 6.07) is 7.37. The summed E-state index contributed by atoms with van der Waals surface area (Å²) in [5.74, 6) is 0.655. The fraction of sp³-hybridized carbons (Fsp3) is 0.278. The Balaban J connectivity index is 1.66. The number of amides is 1. The van der Waals surface area contributed by atoms with Crippen molar-refractivity contribution < 1.29 is 9.53 Å². The number of rotatable bonds is 6. The number of nitrogens with zero attached hydrogens (tertiary/aromatic N) is 4. The van der Waals surface area contributed by atoms with Crippen LogP contribution in [0.25, 0.3) is 0 Å². The predicted molar refractivity (Wildman–Crippen MR) is 102 cm³/mol. The molecule has 1 unspecified atom stereocenters. The summed E-state index contributed by atoms with van der Waals surface area (Å²) in [4.78, 5) is 12.5. The Morgan fingerprint density at radius 3 is 2.85 bits per heavy atom. The summed E-state index contributed by atoms with van der Waals surface area (Å²) < 4.78 is 9.56. The maximum atomic E-state index is 12.5. The lowest BCUT2D eigenvalue weighted by atomic mass is 10.2. The first-order valence-corrected chi connectivity index (χ1v) is 8.93. The molecule has 1 atom stereocenters. The topological polar surface area (TPSA) is 74.0 Å². The first kappa shape index (κ1) is 18.2. The molecule has 26 heavy (non-hydrogen) atoms. The zero-order chi connectivity index (χ0) is 18.7. The molecule has 136 valence electrons. The van der Waals surface area contributed by atoms with Crippen molar-refractivity contribution in [2.45, 2.75) is 26.4 Å². The van der Waals surface area contributed by atoms with Gasteiger partial charge in [-0.2, -0.15) is 10.2 Å². The predicted octanol–water partition coefficient (Wildman–Crippen LogP) is 3.41. The van der Waals surface area contributed by atoms with Crippen molar-refractivity contribution in [2.75, 3.05) is 12.4 Å². The number of halogens is 1. The summed E-state index contributed by atoms with van der Waals surface area (Å²) in [5, 5.41) is 11.4. The molecule has 7 nitrogen and oxygen atoms in total. The number of nitrogens with one attached hydrogen (secondary N) is 1. The van der Waals surface area contributed by atoms with Gasteiger partial charge < -0.3 is 10.1 Å². The van der Waals surface area contributed by atoms with E-state index in [1.54, 1.807) is 35.1 Å². The van der Waals surface area contributed by atoms with Crippen molar-refractivity contribution >= 4 is 27.5 Å². The van der Waals surface area contributed by atoms with E-state index >= 15 is 0 Å². The van der Waals surface area contributed by atoms with Gasteiger partial charge >= 0.3 is 0 Å². The Morgan fingerprint density at radius 2 is 2.15 bits per heavy atom. The summed E-state index contributed by atoms with van der Waals surface area (Å²) in [7, 11) is 1.64. The van der Waals surface area contributed by atoms with Gasteiger partial charge in [0.15, 0.2) is 0 Å². The van der Waals surface area contributed by atoms with E-state index in [1.807, 2.05) is 38.1 Å². The largest absolute Gasteiger partial charge is 0.497 e. The van der Waals surface area contributed by atoms with Crippen LogP contribution in [0.4, 0.5) is 5.69 Å². The normalized spacial score (nSPS) is 12.0. The number of hydrogen-bond donors (Lipinski definition) is 1. The van der Waals surface area contributed by atoms with Gasteiger partial charge in [0.25, 0.3) is 0 Å². The first-order chi connectivity index (χ1) is 12.5. The van der Waals surface area contributed by atoms with Crippen LogP contribution in [0.5, 0.6) is 5.75 Å². The second-order valence-electron chi connectivity index (χ2n) is 5.97. The van der Waals surface area contributed by atoms with Crippen molar-refractivity contribution in [1.29, 1.82) is 0 Å². The van der Waals surface area contributed by atoms with E-state index in [0.29, 0.717) is 12.2 Å². The van der Waals surface area contributed by atoms with Crippen LogP contribution in [0.2, 0.25) is 0 Å². The third kappa shape index (κ3) is 3.96. The molecule has 0 saturated carbocycles. The monoisotopic (exact) mass is 417 g/mol. The molecule has 1 aromatic carbocycles. The molecule has 3 rings (SSSR count). The van der Waals surface area contributed by atoms with Gasteiger partial charge in [-0.05, 0) is 47.5 Å². The molecule has 1 amide bonds. The minimum atomic E-state index is -0.428. The average Bonchev–Trinajstić information content (AvgIpc) is 3.21. The third-order valence-electron chi connectivity index (χ3n) is 4.11. The van der Waals surface area contributed by atoms with Gasteiger partial charge in [0, 0.05) is 6.20 Å². The minimum Gasteiger partial charge on any atom is -0.497 e. The average molecular weight is 418 g/mol. The van der Waals surface area contributed by atoms with Gasteiger partial charge in [-0.3, -0.25) is 14.2 Å². The minimum absolute atomic E-state index is 0.148. The summed E-state index contributed by atoms with van der Waals surface area (Å²) in [5.41, 5.74) is 2.62. The number of ether oxygens (including phenoxy) is 1. The molecule has 0 spiro atoms. The van der Waals surface area contributed by atoms with Crippen molar-refractivity contribution in [3.8, 4) is 5.75 Å². The maximum Gasteiger partial charge on any atom is 0.249 e. The summed E-state index contributed by atoms with van der Waals surface area (Å²) in [6.45, 7) is 4.31. The molecule has 0 fully saturated rings. The van der Waals surface area contributed by atoms with Crippen molar-refractivity contribution in [1.82, 2.24) is 19.6 Å². The molecule has 1 N–H and O–H groups in total. The Bertz CT molecular complexity index is 918. The smallest absolute Gasteiger partial charge is 0.249 e. The molecular formula is C18H20BrN5O2. The van der Waals surface area contributed by atoms with Crippen LogP contribution in [0.15, 0.2) is 47.3 Å². The third-order valence-corrected chi connectivity index (χ3v) is 4.89. The van der Waals surface area contributed by atoms with Gasteiger partial charge in [-0.1, -0.05) is 12.1 Å². The Morgan fingerprint density at radius 1 is 1.35 bits per heavy atom. The maximum absolute atomic E-state index is 12.5. The number of hydrogen-bond acceptors (Lipinski definition) is 4. The van der Waals surface area contributed by atoms with Crippen molar-refractivity contribution in [3.63, 3.8) is 0 Å². The van der Waals surface area contributed by atoms with E-state index in [0.717, 1.165) is 21.5 Å². The van der Waals surface area contributed by atoms with Crippen LogP contribution in [-0.2, 0) is 11.3 Å². The molecule has 0 bridgehead atoms. The van der Waals surface area contributed by atoms with Gasteiger partial charge in [0.2, 0.25) is 5.91 Å². The van der Waals surface area contributed by atoms with E-state index in [2.05, 4.69) is 31.4 Å². The molecular weight excluding hydrogens is 398 g/mol. The number of carbonyl (C=O) groups excluding carboxylic acids is 1. The molecule has 8 heteroatoms. The molecule has 0 aliphatic rings. The van der Waals surface area contributed by atoms with E-state index in [4.69, 9.17) is 4.74 Å². The van der Waals surface area contributed by atoms with Gasteiger partial charge in [-0.15, -0.1) is 0 Å². The molecule has 0 saturated heterocycles. The van der Waals surface area contributed by atoms with Crippen LogP contribution < -0.4 is 10.1 Å². The highest BCUT2D eigenvalue weighted by molar-refractivity contribution is 9.10. The van der Waals surface area contributed by atoms with Crippen LogP contribution in [-0.4, -0.2) is 32.6 Å². The van der Waals surface area contributed by atoms with E-state index in [9.17, 15) is 4.79 Å². The Hall–Kier alpha value is -2.61. The highest BCUT2D eigenvalue weighted by Gasteiger charge is 2.19. The van der Waals surface area contributed by atoms with Gasteiger partial charge in [0.05, 0.1) is 41.9 Å².